The summed E-state index contributed by atoms with van der Waals surface area (Å²) in [5.74, 6) is -0.166. The molecule has 2 amide bonds. The van der Waals surface area contributed by atoms with Gasteiger partial charge in [0.2, 0.25) is 5.91 Å². The zero-order chi connectivity index (χ0) is 13.0. The van der Waals surface area contributed by atoms with E-state index in [1.54, 1.807) is 0 Å². The molecule has 0 saturated carbocycles. The number of nitrogens with two attached hydrogens (primary N) is 1. The second kappa shape index (κ2) is 5.67. The van der Waals surface area contributed by atoms with E-state index in [9.17, 15) is 9.59 Å². The summed E-state index contributed by atoms with van der Waals surface area (Å²) < 4.78 is 0. The van der Waals surface area contributed by atoms with E-state index in [0.717, 1.165) is 36.9 Å². The molecule has 1 aliphatic rings. The van der Waals surface area contributed by atoms with E-state index >= 15 is 0 Å². The van der Waals surface area contributed by atoms with Gasteiger partial charge < -0.3 is 10.6 Å². The van der Waals surface area contributed by atoms with Gasteiger partial charge in [-0.15, -0.1) is 0 Å². The summed E-state index contributed by atoms with van der Waals surface area (Å²) >= 11 is 0. The molecule has 0 atom stereocenters. The SMILES string of the molecule is NC(=O)CCCCN1CCc2ccccc2C1=O. The first kappa shape index (κ1) is 12.6. The van der Waals surface area contributed by atoms with E-state index in [1.165, 1.54) is 0 Å². The van der Waals surface area contributed by atoms with Crippen LogP contribution >= 0.6 is 0 Å². The van der Waals surface area contributed by atoms with Gasteiger partial charge in [-0.1, -0.05) is 18.2 Å². The number of benzene rings is 1. The fraction of sp³-hybridized carbons (Fsp3) is 0.429. The number of carbonyl (C=O) groups excluding carboxylic acids is 2. The highest BCUT2D eigenvalue weighted by molar-refractivity contribution is 5.96. The van der Waals surface area contributed by atoms with E-state index in [4.69, 9.17) is 5.73 Å². The van der Waals surface area contributed by atoms with Crippen LogP contribution < -0.4 is 5.73 Å². The predicted molar refractivity (Wildman–Crippen MR) is 69.1 cm³/mol. The summed E-state index contributed by atoms with van der Waals surface area (Å²) in [6.07, 6.45) is 2.90. The third-order valence-electron chi connectivity index (χ3n) is 3.29. The standard InChI is InChI=1S/C14H18N2O2/c15-13(17)7-3-4-9-16-10-8-11-5-1-2-6-12(11)14(16)18/h1-2,5-6H,3-4,7-10H2,(H2,15,17). The monoisotopic (exact) mass is 246 g/mol. The number of unbranched alkanes of at least 4 members (excludes halogenated alkanes) is 1. The van der Waals surface area contributed by atoms with Crippen LogP contribution in [0, 0.1) is 0 Å². The number of carbonyl (C=O) groups is 2. The molecule has 0 unspecified atom stereocenters. The van der Waals surface area contributed by atoms with Crippen molar-refractivity contribution in [1.82, 2.24) is 4.90 Å². The van der Waals surface area contributed by atoms with Crippen LogP contribution in [0.2, 0.25) is 0 Å². The first-order chi connectivity index (χ1) is 8.68. The molecule has 0 aliphatic carbocycles. The Bertz CT molecular complexity index is 457. The van der Waals surface area contributed by atoms with E-state index < -0.39 is 0 Å². The molecule has 4 nitrogen and oxygen atoms in total. The molecule has 0 aromatic heterocycles. The van der Waals surface area contributed by atoms with Gasteiger partial charge in [0.15, 0.2) is 0 Å². The Kier molecular flexibility index (Phi) is 3.97. The highest BCUT2D eigenvalue weighted by Crippen LogP contribution is 2.18. The lowest BCUT2D eigenvalue weighted by atomic mass is 9.99. The Hall–Kier alpha value is -1.84. The van der Waals surface area contributed by atoms with Crippen molar-refractivity contribution in [2.45, 2.75) is 25.7 Å². The van der Waals surface area contributed by atoms with Crippen molar-refractivity contribution >= 4 is 11.8 Å². The molecular weight excluding hydrogens is 228 g/mol. The van der Waals surface area contributed by atoms with E-state index in [0.29, 0.717) is 13.0 Å². The van der Waals surface area contributed by atoms with Gasteiger partial charge in [0.25, 0.3) is 5.91 Å². The number of hydrogen-bond acceptors (Lipinski definition) is 2. The number of primary amides is 1. The molecule has 1 heterocycles. The lowest BCUT2D eigenvalue weighted by Gasteiger charge is -2.28. The van der Waals surface area contributed by atoms with Crippen LogP contribution in [0.4, 0.5) is 0 Å². The van der Waals surface area contributed by atoms with Gasteiger partial charge in [-0.3, -0.25) is 9.59 Å². The van der Waals surface area contributed by atoms with Crippen LogP contribution in [0.25, 0.3) is 0 Å². The quantitative estimate of drug-likeness (QED) is 0.797. The molecule has 18 heavy (non-hydrogen) atoms. The van der Waals surface area contributed by atoms with Crippen molar-refractivity contribution in [3.63, 3.8) is 0 Å². The number of amides is 2. The minimum Gasteiger partial charge on any atom is -0.370 e. The highest BCUT2D eigenvalue weighted by atomic mass is 16.2. The van der Waals surface area contributed by atoms with Gasteiger partial charge in [0.1, 0.15) is 0 Å². The van der Waals surface area contributed by atoms with Crippen molar-refractivity contribution in [2.24, 2.45) is 5.73 Å². The Morgan fingerprint density at radius 2 is 2.06 bits per heavy atom. The van der Waals surface area contributed by atoms with Crippen molar-refractivity contribution in [1.29, 1.82) is 0 Å². The molecule has 0 radical (unpaired) electrons. The Balaban J connectivity index is 1.89. The summed E-state index contributed by atoms with van der Waals surface area (Å²) in [6.45, 7) is 1.48. The minimum absolute atomic E-state index is 0.107. The third-order valence-corrected chi connectivity index (χ3v) is 3.29. The first-order valence-electron chi connectivity index (χ1n) is 6.34. The van der Waals surface area contributed by atoms with Crippen LogP contribution in [-0.2, 0) is 11.2 Å². The van der Waals surface area contributed by atoms with Crippen LogP contribution in [0.5, 0.6) is 0 Å². The molecule has 0 spiro atoms. The third kappa shape index (κ3) is 2.88. The van der Waals surface area contributed by atoms with E-state index in [-0.39, 0.29) is 11.8 Å². The maximum absolute atomic E-state index is 12.2. The van der Waals surface area contributed by atoms with Gasteiger partial charge in [-0.25, -0.2) is 0 Å². The maximum atomic E-state index is 12.2. The average molecular weight is 246 g/mol. The lowest BCUT2D eigenvalue weighted by Crippen LogP contribution is -2.38. The molecule has 1 aromatic rings. The molecule has 0 bridgehead atoms. The number of fused-ring (bicyclic) bond motifs is 1. The predicted octanol–water partition coefficient (Wildman–Crippen LogP) is 1.34. The number of hydrogen-bond donors (Lipinski definition) is 1. The maximum Gasteiger partial charge on any atom is 0.254 e. The fourth-order valence-corrected chi connectivity index (χ4v) is 2.29. The zero-order valence-electron chi connectivity index (χ0n) is 10.4. The van der Waals surface area contributed by atoms with Crippen molar-refractivity contribution in [2.75, 3.05) is 13.1 Å². The van der Waals surface area contributed by atoms with Crippen LogP contribution in [0.15, 0.2) is 24.3 Å². The first-order valence-corrected chi connectivity index (χ1v) is 6.34. The molecule has 1 aromatic carbocycles. The fourth-order valence-electron chi connectivity index (χ4n) is 2.29. The van der Waals surface area contributed by atoms with Gasteiger partial charge in [0, 0.05) is 25.1 Å². The summed E-state index contributed by atoms with van der Waals surface area (Å²) in [6, 6.07) is 7.76. The molecule has 96 valence electrons. The molecule has 4 heteroatoms. The van der Waals surface area contributed by atoms with E-state index in [2.05, 4.69) is 0 Å². The Morgan fingerprint density at radius 3 is 2.83 bits per heavy atom. The average Bonchev–Trinajstić information content (AvgIpc) is 2.37. The van der Waals surface area contributed by atoms with E-state index in [1.807, 2.05) is 29.2 Å². The number of rotatable bonds is 5. The second-order valence-corrected chi connectivity index (χ2v) is 4.62. The van der Waals surface area contributed by atoms with Crippen LogP contribution in [-0.4, -0.2) is 29.8 Å². The van der Waals surface area contributed by atoms with Gasteiger partial charge in [0.05, 0.1) is 0 Å². The molecule has 2 rings (SSSR count). The van der Waals surface area contributed by atoms with Gasteiger partial charge >= 0.3 is 0 Å². The van der Waals surface area contributed by atoms with Crippen molar-refractivity contribution < 1.29 is 9.59 Å². The zero-order valence-corrected chi connectivity index (χ0v) is 10.4. The summed E-state index contributed by atoms with van der Waals surface area (Å²) in [7, 11) is 0. The lowest BCUT2D eigenvalue weighted by molar-refractivity contribution is -0.118. The Morgan fingerprint density at radius 1 is 1.28 bits per heavy atom. The Labute approximate surface area is 107 Å². The van der Waals surface area contributed by atoms with Crippen molar-refractivity contribution in [3.05, 3.63) is 35.4 Å². The summed E-state index contributed by atoms with van der Waals surface area (Å²) in [5, 5.41) is 0. The minimum atomic E-state index is -0.273. The number of nitrogens with zero attached hydrogens (tertiary/aromatic N) is 1. The molecule has 2 N–H and O–H groups in total. The van der Waals surface area contributed by atoms with Crippen LogP contribution in [0.3, 0.4) is 0 Å². The van der Waals surface area contributed by atoms with Crippen molar-refractivity contribution in [3.8, 4) is 0 Å². The normalized spacial score (nSPS) is 14.4. The van der Waals surface area contributed by atoms with Gasteiger partial charge in [-0.05, 0) is 30.9 Å². The summed E-state index contributed by atoms with van der Waals surface area (Å²) in [4.78, 5) is 24.7. The smallest absolute Gasteiger partial charge is 0.254 e. The highest BCUT2D eigenvalue weighted by Gasteiger charge is 2.22. The second-order valence-electron chi connectivity index (χ2n) is 4.62. The van der Waals surface area contributed by atoms with Crippen LogP contribution in [0.1, 0.15) is 35.2 Å². The molecule has 1 aliphatic heterocycles. The largest absolute Gasteiger partial charge is 0.370 e. The molecule has 0 fully saturated rings. The van der Waals surface area contributed by atoms with Gasteiger partial charge in [-0.2, -0.15) is 0 Å². The molecule has 0 saturated heterocycles. The molecular formula is C14H18N2O2. The topological polar surface area (TPSA) is 63.4 Å². The summed E-state index contributed by atoms with van der Waals surface area (Å²) in [5.41, 5.74) is 7.04.